The van der Waals surface area contributed by atoms with Crippen LogP contribution >= 0.6 is 0 Å². The number of aryl methyl sites for hydroxylation is 1. The number of fused-ring (bicyclic) bond motifs is 1. The van der Waals surface area contributed by atoms with Crippen molar-refractivity contribution in [3.63, 3.8) is 0 Å². The molecule has 0 unspecified atom stereocenters. The maximum Gasteiger partial charge on any atom is 0.165 e. The molecule has 0 radical (unpaired) electrons. The van der Waals surface area contributed by atoms with Gasteiger partial charge >= 0.3 is 0 Å². The molecule has 0 aliphatic carbocycles. The van der Waals surface area contributed by atoms with Crippen molar-refractivity contribution in [2.24, 2.45) is 12.8 Å². The second-order valence-corrected chi connectivity index (χ2v) is 3.80. The van der Waals surface area contributed by atoms with Crippen molar-refractivity contribution in [3.8, 4) is 5.75 Å². The number of ether oxygens (including phenoxy) is 1. The Labute approximate surface area is 93.6 Å². The summed E-state index contributed by atoms with van der Waals surface area (Å²) < 4.78 is 20.7. The number of nitrogens with two attached hydrogens (primary N) is 1. The summed E-state index contributed by atoms with van der Waals surface area (Å²) in [4.78, 5) is 0. The Morgan fingerprint density at radius 1 is 1.44 bits per heavy atom. The van der Waals surface area contributed by atoms with Gasteiger partial charge < -0.3 is 15.0 Å². The molecule has 0 amide bonds. The van der Waals surface area contributed by atoms with E-state index >= 15 is 0 Å². The highest BCUT2D eigenvalue weighted by Crippen LogP contribution is 2.34. The lowest BCUT2D eigenvalue weighted by Gasteiger charge is -2.05. The van der Waals surface area contributed by atoms with Crippen LogP contribution in [-0.2, 0) is 13.6 Å². The fourth-order valence-electron chi connectivity index (χ4n) is 2.13. The summed E-state index contributed by atoms with van der Waals surface area (Å²) in [5.41, 5.74) is 8.64. The van der Waals surface area contributed by atoms with Crippen LogP contribution in [0.1, 0.15) is 11.3 Å². The largest absolute Gasteiger partial charge is 0.493 e. The first-order chi connectivity index (χ1) is 7.61. The van der Waals surface area contributed by atoms with Crippen LogP contribution in [0.2, 0.25) is 0 Å². The molecule has 0 aliphatic heterocycles. The smallest absolute Gasteiger partial charge is 0.165 e. The highest BCUT2D eigenvalue weighted by molar-refractivity contribution is 5.91. The van der Waals surface area contributed by atoms with Crippen molar-refractivity contribution in [3.05, 3.63) is 29.2 Å². The molecule has 2 rings (SSSR count). The Morgan fingerprint density at radius 3 is 2.69 bits per heavy atom. The maximum atomic E-state index is 13.6. The van der Waals surface area contributed by atoms with Crippen LogP contribution in [0.5, 0.6) is 5.75 Å². The number of hydrogen-bond donors (Lipinski definition) is 1. The van der Waals surface area contributed by atoms with Gasteiger partial charge in [0.05, 0.1) is 12.6 Å². The predicted octanol–water partition coefficient (Wildman–Crippen LogP) is 2.09. The van der Waals surface area contributed by atoms with Gasteiger partial charge in [0.25, 0.3) is 0 Å². The van der Waals surface area contributed by atoms with Gasteiger partial charge in [0.1, 0.15) is 0 Å². The normalized spacial score (nSPS) is 11.1. The second-order valence-electron chi connectivity index (χ2n) is 3.80. The average Bonchev–Trinajstić information content (AvgIpc) is 2.52. The molecule has 16 heavy (non-hydrogen) atoms. The number of halogens is 1. The van der Waals surface area contributed by atoms with Crippen LogP contribution in [0.25, 0.3) is 10.9 Å². The van der Waals surface area contributed by atoms with Gasteiger partial charge in [-0.3, -0.25) is 0 Å². The predicted molar refractivity (Wildman–Crippen MR) is 62.1 cm³/mol. The monoisotopic (exact) mass is 222 g/mol. The van der Waals surface area contributed by atoms with Crippen molar-refractivity contribution in [2.75, 3.05) is 7.11 Å². The van der Waals surface area contributed by atoms with E-state index in [1.165, 1.54) is 13.2 Å². The molecule has 86 valence electrons. The van der Waals surface area contributed by atoms with Crippen molar-refractivity contribution >= 4 is 10.9 Å². The van der Waals surface area contributed by atoms with Gasteiger partial charge in [0.2, 0.25) is 0 Å². The van der Waals surface area contributed by atoms with E-state index in [0.717, 1.165) is 22.2 Å². The average molecular weight is 222 g/mol. The van der Waals surface area contributed by atoms with Crippen LogP contribution in [0.15, 0.2) is 12.1 Å². The van der Waals surface area contributed by atoms with Crippen molar-refractivity contribution in [1.82, 2.24) is 4.57 Å². The highest BCUT2D eigenvalue weighted by atomic mass is 19.1. The molecule has 1 aromatic carbocycles. The molecule has 2 N–H and O–H groups in total. The van der Waals surface area contributed by atoms with Crippen LogP contribution in [0.4, 0.5) is 4.39 Å². The van der Waals surface area contributed by atoms with Crippen LogP contribution < -0.4 is 10.5 Å². The van der Waals surface area contributed by atoms with Gasteiger partial charge in [0, 0.05) is 24.7 Å². The molecule has 0 atom stereocenters. The summed E-state index contributed by atoms with van der Waals surface area (Å²) >= 11 is 0. The molecule has 0 spiro atoms. The van der Waals surface area contributed by atoms with E-state index in [0.29, 0.717) is 6.54 Å². The molecule has 1 aromatic heterocycles. The van der Waals surface area contributed by atoms with E-state index in [2.05, 4.69) is 0 Å². The minimum atomic E-state index is -0.352. The third-order valence-corrected chi connectivity index (χ3v) is 3.10. The Morgan fingerprint density at radius 2 is 2.12 bits per heavy atom. The second kappa shape index (κ2) is 3.79. The van der Waals surface area contributed by atoms with Gasteiger partial charge in [-0.05, 0) is 24.6 Å². The molecule has 0 aliphatic rings. The summed E-state index contributed by atoms with van der Waals surface area (Å²) in [6, 6.07) is 3.17. The Hall–Kier alpha value is -1.55. The number of aromatic nitrogens is 1. The zero-order chi connectivity index (χ0) is 11.9. The molecule has 0 fully saturated rings. The minimum Gasteiger partial charge on any atom is -0.493 e. The van der Waals surface area contributed by atoms with E-state index in [1.54, 1.807) is 6.07 Å². The first-order valence-corrected chi connectivity index (χ1v) is 5.12. The molecule has 0 bridgehead atoms. The number of hydrogen-bond acceptors (Lipinski definition) is 2. The number of methoxy groups -OCH3 is 1. The summed E-state index contributed by atoms with van der Waals surface area (Å²) in [6.07, 6.45) is 0. The van der Waals surface area contributed by atoms with E-state index in [9.17, 15) is 4.39 Å². The number of benzene rings is 1. The lowest BCUT2D eigenvalue weighted by molar-refractivity contribution is 0.391. The van der Waals surface area contributed by atoms with Gasteiger partial charge in [-0.2, -0.15) is 0 Å². The Kier molecular flexibility index (Phi) is 2.59. The minimum absolute atomic E-state index is 0.279. The fourth-order valence-corrected chi connectivity index (χ4v) is 2.13. The molecule has 2 aromatic rings. The number of nitrogens with zero attached hydrogens (tertiary/aromatic N) is 1. The molecule has 3 nitrogen and oxygen atoms in total. The third-order valence-electron chi connectivity index (χ3n) is 3.10. The lowest BCUT2D eigenvalue weighted by atomic mass is 10.1. The maximum absolute atomic E-state index is 13.6. The van der Waals surface area contributed by atoms with E-state index in [4.69, 9.17) is 10.5 Å². The Bertz CT molecular complexity index is 546. The van der Waals surface area contributed by atoms with Gasteiger partial charge in [-0.1, -0.05) is 0 Å². The van der Waals surface area contributed by atoms with Crippen molar-refractivity contribution < 1.29 is 9.13 Å². The standard InChI is InChI=1S/C12H15FN2O/c1-7-8(6-14)11-10(15(7)2)5-4-9(13)12(11)16-3/h4-5H,6,14H2,1-3H3. The summed E-state index contributed by atoms with van der Waals surface area (Å²) in [6.45, 7) is 2.35. The first-order valence-electron chi connectivity index (χ1n) is 5.12. The van der Waals surface area contributed by atoms with E-state index in [-0.39, 0.29) is 11.6 Å². The summed E-state index contributed by atoms with van der Waals surface area (Å²) in [5.74, 6) is -0.0723. The van der Waals surface area contributed by atoms with Crippen molar-refractivity contribution in [1.29, 1.82) is 0 Å². The molecule has 0 saturated carbocycles. The Balaban J connectivity index is 2.96. The number of rotatable bonds is 2. The molecule has 1 heterocycles. The van der Waals surface area contributed by atoms with Gasteiger partial charge in [0.15, 0.2) is 11.6 Å². The van der Waals surface area contributed by atoms with Crippen LogP contribution in [0, 0.1) is 12.7 Å². The van der Waals surface area contributed by atoms with Crippen molar-refractivity contribution in [2.45, 2.75) is 13.5 Å². The first kappa shape index (κ1) is 11.0. The summed E-state index contributed by atoms with van der Waals surface area (Å²) in [5, 5.41) is 0.782. The molecular weight excluding hydrogens is 207 g/mol. The van der Waals surface area contributed by atoms with E-state index < -0.39 is 0 Å². The van der Waals surface area contributed by atoms with Crippen LogP contribution in [-0.4, -0.2) is 11.7 Å². The van der Waals surface area contributed by atoms with Crippen LogP contribution in [0.3, 0.4) is 0 Å². The quantitative estimate of drug-likeness (QED) is 0.845. The molecule has 4 heteroatoms. The zero-order valence-electron chi connectivity index (χ0n) is 9.67. The lowest BCUT2D eigenvalue weighted by Crippen LogP contribution is -1.99. The highest BCUT2D eigenvalue weighted by Gasteiger charge is 2.17. The third kappa shape index (κ3) is 1.30. The van der Waals surface area contributed by atoms with Gasteiger partial charge in [-0.25, -0.2) is 4.39 Å². The molecule has 0 saturated heterocycles. The summed E-state index contributed by atoms with van der Waals surface area (Å²) in [7, 11) is 3.41. The zero-order valence-corrected chi connectivity index (χ0v) is 9.67. The van der Waals surface area contributed by atoms with E-state index in [1.807, 2.05) is 18.5 Å². The van der Waals surface area contributed by atoms with Gasteiger partial charge in [-0.15, -0.1) is 0 Å². The topological polar surface area (TPSA) is 40.2 Å². The fraction of sp³-hybridized carbons (Fsp3) is 0.333. The molecular formula is C12H15FN2O. The SMILES string of the molecule is COc1c(F)ccc2c1c(CN)c(C)n2C.